The third kappa shape index (κ3) is 3.69. The van der Waals surface area contributed by atoms with Gasteiger partial charge in [0.25, 0.3) is 0 Å². The number of rotatable bonds is 3. The van der Waals surface area contributed by atoms with Crippen molar-refractivity contribution in [1.82, 2.24) is 10.2 Å². The molecule has 17 heavy (non-hydrogen) atoms. The first kappa shape index (κ1) is 13.4. The summed E-state index contributed by atoms with van der Waals surface area (Å²) < 4.78 is 0. The third-order valence-corrected chi connectivity index (χ3v) is 5.17. The maximum absolute atomic E-state index is 3.55. The fourth-order valence-electron chi connectivity index (χ4n) is 3.40. The first-order chi connectivity index (χ1) is 8.11. The highest BCUT2D eigenvalue weighted by Crippen LogP contribution is 2.34. The fraction of sp³-hybridized carbons (Fsp3) is 1.00. The lowest BCUT2D eigenvalue weighted by molar-refractivity contribution is 0.0927. The molecule has 2 atom stereocenters. The van der Waals surface area contributed by atoms with Crippen LogP contribution in [-0.2, 0) is 0 Å². The van der Waals surface area contributed by atoms with Crippen LogP contribution >= 0.6 is 0 Å². The van der Waals surface area contributed by atoms with Crippen LogP contribution in [0, 0.1) is 11.3 Å². The summed E-state index contributed by atoms with van der Waals surface area (Å²) in [7, 11) is 0. The van der Waals surface area contributed by atoms with Crippen molar-refractivity contribution in [3.05, 3.63) is 0 Å². The van der Waals surface area contributed by atoms with Gasteiger partial charge in [-0.3, -0.25) is 0 Å². The van der Waals surface area contributed by atoms with Crippen molar-refractivity contribution in [3.63, 3.8) is 0 Å². The molecule has 0 aromatic heterocycles. The van der Waals surface area contributed by atoms with E-state index in [1.54, 1.807) is 0 Å². The number of hydrogen-bond acceptors (Lipinski definition) is 2. The molecule has 2 aliphatic rings. The molecular weight excluding hydrogens is 208 g/mol. The summed E-state index contributed by atoms with van der Waals surface area (Å²) in [6, 6.07) is 0.736. The molecule has 2 fully saturated rings. The van der Waals surface area contributed by atoms with Crippen LogP contribution in [0.25, 0.3) is 0 Å². The Hall–Kier alpha value is -0.0800. The second-order valence-corrected chi connectivity index (χ2v) is 6.71. The first-order valence-corrected chi connectivity index (χ1v) is 7.57. The van der Waals surface area contributed by atoms with Crippen LogP contribution in [0.15, 0.2) is 0 Å². The van der Waals surface area contributed by atoms with Crippen LogP contribution in [0.5, 0.6) is 0 Å². The van der Waals surface area contributed by atoms with Crippen molar-refractivity contribution in [2.24, 2.45) is 11.3 Å². The Balaban J connectivity index is 1.74. The van der Waals surface area contributed by atoms with E-state index in [0.29, 0.717) is 5.41 Å². The van der Waals surface area contributed by atoms with Gasteiger partial charge in [-0.25, -0.2) is 0 Å². The van der Waals surface area contributed by atoms with Crippen molar-refractivity contribution < 1.29 is 0 Å². The van der Waals surface area contributed by atoms with E-state index in [-0.39, 0.29) is 0 Å². The monoisotopic (exact) mass is 238 g/mol. The van der Waals surface area contributed by atoms with Gasteiger partial charge in [0.05, 0.1) is 0 Å². The molecule has 0 bridgehead atoms. The Morgan fingerprint density at radius 3 is 2.59 bits per heavy atom. The Morgan fingerprint density at radius 1 is 1.29 bits per heavy atom. The topological polar surface area (TPSA) is 15.3 Å². The van der Waals surface area contributed by atoms with E-state index < -0.39 is 0 Å². The molecule has 0 aliphatic carbocycles. The summed E-state index contributed by atoms with van der Waals surface area (Å²) in [6.45, 7) is 12.4. The summed E-state index contributed by atoms with van der Waals surface area (Å²) in [5, 5.41) is 3.55. The second-order valence-electron chi connectivity index (χ2n) is 6.71. The normalized spacial score (nSPS) is 34.8. The molecule has 2 nitrogen and oxygen atoms in total. The lowest BCUT2D eigenvalue weighted by Gasteiger charge is -2.41. The molecule has 1 N–H and O–H groups in total. The minimum absolute atomic E-state index is 0.637. The van der Waals surface area contributed by atoms with Crippen LogP contribution in [-0.4, -0.2) is 37.1 Å². The predicted octanol–water partition coefficient (Wildman–Crippen LogP) is 2.89. The van der Waals surface area contributed by atoms with Crippen molar-refractivity contribution in [2.45, 2.75) is 58.9 Å². The van der Waals surface area contributed by atoms with Gasteiger partial charge in [-0.15, -0.1) is 0 Å². The Morgan fingerprint density at radius 2 is 2.00 bits per heavy atom. The molecule has 100 valence electrons. The average molecular weight is 238 g/mol. The van der Waals surface area contributed by atoms with Gasteiger partial charge in [-0.1, -0.05) is 20.3 Å². The Labute approximate surface area is 107 Å². The molecule has 0 spiro atoms. The van der Waals surface area contributed by atoms with E-state index in [4.69, 9.17) is 0 Å². The van der Waals surface area contributed by atoms with Crippen LogP contribution < -0.4 is 5.32 Å². The molecule has 2 unspecified atom stereocenters. The lowest BCUT2D eigenvalue weighted by Crippen LogP contribution is -2.44. The molecule has 0 radical (unpaired) electrons. The standard InChI is InChI=1S/C15H30N2/c1-4-15(3)6-9-17(10-7-15)12-14-5-8-16-13(2)11-14/h13-14,16H,4-12H2,1-3H3. The van der Waals surface area contributed by atoms with Crippen molar-refractivity contribution in [1.29, 1.82) is 0 Å². The molecule has 2 rings (SSSR count). The predicted molar refractivity (Wildman–Crippen MR) is 74.3 cm³/mol. The molecule has 2 heteroatoms. The van der Waals surface area contributed by atoms with E-state index in [1.807, 2.05) is 0 Å². The fourth-order valence-corrected chi connectivity index (χ4v) is 3.40. The lowest BCUT2D eigenvalue weighted by atomic mass is 9.78. The van der Waals surface area contributed by atoms with Crippen LogP contribution in [0.4, 0.5) is 0 Å². The minimum Gasteiger partial charge on any atom is -0.314 e. The van der Waals surface area contributed by atoms with Gasteiger partial charge in [0.2, 0.25) is 0 Å². The summed E-state index contributed by atoms with van der Waals surface area (Å²) in [6.07, 6.45) is 6.92. The number of nitrogens with one attached hydrogen (secondary N) is 1. The van der Waals surface area contributed by atoms with Gasteiger partial charge in [0, 0.05) is 12.6 Å². The van der Waals surface area contributed by atoms with E-state index >= 15 is 0 Å². The largest absolute Gasteiger partial charge is 0.314 e. The molecule has 2 saturated heterocycles. The molecule has 2 heterocycles. The third-order valence-electron chi connectivity index (χ3n) is 5.17. The van der Waals surface area contributed by atoms with E-state index in [2.05, 4.69) is 31.0 Å². The van der Waals surface area contributed by atoms with E-state index in [0.717, 1.165) is 12.0 Å². The summed E-state index contributed by atoms with van der Waals surface area (Å²) >= 11 is 0. The molecule has 0 aromatic rings. The minimum atomic E-state index is 0.637. The summed E-state index contributed by atoms with van der Waals surface area (Å²) in [5.74, 6) is 0.942. The van der Waals surface area contributed by atoms with Crippen LogP contribution in [0.2, 0.25) is 0 Å². The van der Waals surface area contributed by atoms with Gasteiger partial charge in [0.1, 0.15) is 0 Å². The van der Waals surface area contributed by atoms with Gasteiger partial charge >= 0.3 is 0 Å². The highest BCUT2D eigenvalue weighted by molar-refractivity contribution is 4.84. The zero-order valence-corrected chi connectivity index (χ0v) is 12.0. The highest BCUT2D eigenvalue weighted by atomic mass is 15.1. The van der Waals surface area contributed by atoms with Crippen molar-refractivity contribution >= 4 is 0 Å². The Bertz CT molecular complexity index is 231. The van der Waals surface area contributed by atoms with Gasteiger partial charge in [0.15, 0.2) is 0 Å². The molecule has 0 amide bonds. The molecule has 0 aromatic carbocycles. The van der Waals surface area contributed by atoms with E-state index in [1.165, 1.54) is 58.3 Å². The first-order valence-electron chi connectivity index (χ1n) is 7.57. The van der Waals surface area contributed by atoms with E-state index in [9.17, 15) is 0 Å². The van der Waals surface area contributed by atoms with Crippen LogP contribution in [0.3, 0.4) is 0 Å². The quantitative estimate of drug-likeness (QED) is 0.813. The van der Waals surface area contributed by atoms with Crippen molar-refractivity contribution in [3.8, 4) is 0 Å². The number of hydrogen-bond donors (Lipinski definition) is 1. The van der Waals surface area contributed by atoms with Gasteiger partial charge < -0.3 is 10.2 Å². The average Bonchev–Trinajstić information content (AvgIpc) is 2.33. The second kappa shape index (κ2) is 5.71. The Kier molecular flexibility index (Phi) is 4.48. The van der Waals surface area contributed by atoms with Gasteiger partial charge in [-0.2, -0.15) is 0 Å². The number of likely N-dealkylation sites (tertiary alicyclic amines) is 1. The zero-order valence-electron chi connectivity index (χ0n) is 12.0. The number of piperidine rings is 2. The summed E-state index contributed by atoms with van der Waals surface area (Å²) in [4.78, 5) is 2.72. The zero-order chi connectivity index (χ0) is 12.3. The summed E-state index contributed by atoms with van der Waals surface area (Å²) in [5.41, 5.74) is 0.637. The maximum Gasteiger partial charge on any atom is 0.00418 e. The smallest absolute Gasteiger partial charge is 0.00418 e. The molecule has 2 aliphatic heterocycles. The maximum atomic E-state index is 3.55. The molecular formula is C15H30N2. The highest BCUT2D eigenvalue weighted by Gasteiger charge is 2.29. The molecule has 0 saturated carbocycles. The number of nitrogens with zero attached hydrogens (tertiary/aromatic N) is 1. The van der Waals surface area contributed by atoms with Crippen LogP contribution in [0.1, 0.15) is 52.9 Å². The van der Waals surface area contributed by atoms with Gasteiger partial charge in [-0.05, 0) is 63.6 Å². The van der Waals surface area contributed by atoms with Crippen molar-refractivity contribution in [2.75, 3.05) is 26.2 Å². The SMILES string of the molecule is CCC1(C)CCN(CC2CCNC(C)C2)CC1.